The van der Waals surface area contributed by atoms with Gasteiger partial charge < -0.3 is 5.73 Å². The van der Waals surface area contributed by atoms with Crippen molar-refractivity contribution in [3.05, 3.63) is 16.1 Å². The van der Waals surface area contributed by atoms with Gasteiger partial charge in [0.25, 0.3) is 0 Å². The molecular formula is C9H15N3S. The molecule has 0 aromatic carbocycles. The van der Waals surface area contributed by atoms with Crippen LogP contribution >= 0.6 is 11.3 Å². The molecule has 1 fully saturated rings. The van der Waals surface area contributed by atoms with Crippen LogP contribution in [0.25, 0.3) is 0 Å². The van der Waals surface area contributed by atoms with E-state index in [-0.39, 0.29) is 0 Å². The van der Waals surface area contributed by atoms with E-state index in [1.54, 1.807) is 11.3 Å². The highest BCUT2D eigenvalue weighted by molar-refractivity contribution is 7.09. The number of nitrogens with two attached hydrogens (primary N) is 1. The summed E-state index contributed by atoms with van der Waals surface area (Å²) in [6.07, 6.45) is 2.70. The van der Waals surface area contributed by atoms with Crippen LogP contribution in [0.4, 0.5) is 0 Å². The van der Waals surface area contributed by atoms with Gasteiger partial charge in [-0.15, -0.1) is 11.3 Å². The summed E-state index contributed by atoms with van der Waals surface area (Å²) in [7, 11) is 2.17. The molecule has 4 heteroatoms. The number of rotatable bonds is 4. The normalized spacial score (nSPS) is 16.8. The summed E-state index contributed by atoms with van der Waals surface area (Å²) in [5.74, 6) is 0. The second-order valence-corrected chi connectivity index (χ2v) is 4.53. The van der Waals surface area contributed by atoms with Crippen LogP contribution in [0, 0.1) is 0 Å². The first-order chi connectivity index (χ1) is 6.29. The minimum absolute atomic E-state index is 0.567. The van der Waals surface area contributed by atoms with Gasteiger partial charge in [0.2, 0.25) is 0 Å². The van der Waals surface area contributed by atoms with E-state index >= 15 is 0 Å². The first-order valence-corrected chi connectivity index (χ1v) is 5.51. The average Bonchev–Trinajstić information content (AvgIpc) is 2.88. The van der Waals surface area contributed by atoms with Crippen LogP contribution in [0.2, 0.25) is 0 Å². The maximum absolute atomic E-state index is 5.50. The SMILES string of the molecule is CN(Cc1csc(CN)n1)C1CC1. The van der Waals surface area contributed by atoms with Crippen molar-refractivity contribution in [2.75, 3.05) is 7.05 Å². The predicted molar refractivity (Wildman–Crippen MR) is 54.5 cm³/mol. The lowest BCUT2D eigenvalue weighted by atomic mass is 10.4. The molecule has 0 unspecified atom stereocenters. The van der Waals surface area contributed by atoms with Crippen LogP contribution in [0.3, 0.4) is 0 Å². The van der Waals surface area contributed by atoms with Crippen LogP contribution in [-0.4, -0.2) is 23.0 Å². The average molecular weight is 197 g/mol. The van der Waals surface area contributed by atoms with Crippen molar-refractivity contribution in [1.29, 1.82) is 0 Å². The number of aromatic nitrogens is 1. The van der Waals surface area contributed by atoms with Crippen molar-refractivity contribution in [2.45, 2.75) is 32.0 Å². The van der Waals surface area contributed by atoms with Crippen LogP contribution in [0.1, 0.15) is 23.5 Å². The van der Waals surface area contributed by atoms with E-state index in [2.05, 4.69) is 22.3 Å². The van der Waals surface area contributed by atoms with Gasteiger partial charge in [-0.2, -0.15) is 0 Å². The molecule has 0 aliphatic heterocycles. The zero-order valence-electron chi connectivity index (χ0n) is 7.86. The van der Waals surface area contributed by atoms with Crippen molar-refractivity contribution in [2.24, 2.45) is 5.73 Å². The summed E-state index contributed by atoms with van der Waals surface area (Å²) in [4.78, 5) is 6.80. The smallest absolute Gasteiger partial charge is 0.106 e. The Morgan fingerprint density at radius 1 is 1.69 bits per heavy atom. The molecule has 2 rings (SSSR count). The van der Waals surface area contributed by atoms with E-state index in [0.717, 1.165) is 17.6 Å². The first-order valence-electron chi connectivity index (χ1n) is 4.63. The molecule has 1 aromatic heterocycles. The second kappa shape index (κ2) is 3.74. The zero-order valence-corrected chi connectivity index (χ0v) is 8.68. The van der Waals surface area contributed by atoms with Crippen LogP contribution in [0.15, 0.2) is 5.38 Å². The summed E-state index contributed by atoms with van der Waals surface area (Å²) in [6, 6.07) is 0.808. The maximum Gasteiger partial charge on any atom is 0.106 e. The van der Waals surface area contributed by atoms with Crippen LogP contribution in [0.5, 0.6) is 0 Å². The van der Waals surface area contributed by atoms with Gasteiger partial charge in [0, 0.05) is 24.5 Å². The maximum atomic E-state index is 5.50. The lowest BCUT2D eigenvalue weighted by Gasteiger charge is -2.12. The summed E-state index contributed by atoms with van der Waals surface area (Å²) < 4.78 is 0. The number of hydrogen-bond donors (Lipinski definition) is 1. The Morgan fingerprint density at radius 3 is 3.00 bits per heavy atom. The van der Waals surface area contributed by atoms with Crippen molar-refractivity contribution < 1.29 is 0 Å². The largest absolute Gasteiger partial charge is 0.325 e. The Labute approximate surface area is 82.6 Å². The van der Waals surface area contributed by atoms with Gasteiger partial charge in [0.05, 0.1) is 5.69 Å². The lowest BCUT2D eigenvalue weighted by Crippen LogP contribution is -2.20. The third-order valence-corrected chi connectivity index (χ3v) is 3.28. The second-order valence-electron chi connectivity index (χ2n) is 3.58. The molecular weight excluding hydrogens is 182 g/mol. The third-order valence-electron chi connectivity index (χ3n) is 2.36. The predicted octanol–water partition coefficient (Wildman–Crippen LogP) is 1.20. The van der Waals surface area contributed by atoms with Gasteiger partial charge in [-0.05, 0) is 19.9 Å². The molecule has 1 aliphatic rings. The highest BCUT2D eigenvalue weighted by Gasteiger charge is 2.26. The molecule has 2 N–H and O–H groups in total. The molecule has 1 aromatic rings. The summed E-state index contributed by atoms with van der Waals surface area (Å²) in [5.41, 5.74) is 6.67. The van der Waals surface area contributed by atoms with Crippen LogP contribution < -0.4 is 5.73 Å². The minimum Gasteiger partial charge on any atom is -0.325 e. The number of thiazole rings is 1. The molecule has 0 atom stereocenters. The number of hydrogen-bond acceptors (Lipinski definition) is 4. The Balaban J connectivity index is 1.92. The molecule has 1 heterocycles. The van der Waals surface area contributed by atoms with Gasteiger partial charge in [-0.3, -0.25) is 4.90 Å². The molecule has 0 radical (unpaired) electrons. The monoisotopic (exact) mass is 197 g/mol. The fraction of sp³-hybridized carbons (Fsp3) is 0.667. The minimum atomic E-state index is 0.567. The summed E-state index contributed by atoms with van der Waals surface area (Å²) in [6.45, 7) is 1.54. The van der Waals surface area contributed by atoms with Gasteiger partial charge >= 0.3 is 0 Å². The molecule has 1 aliphatic carbocycles. The molecule has 13 heavy (non-hydrogen) atoms. The Morgan fingerprint density at radius 2 is 2.46 bits per heavy atom. The van der Waals surface area contributed by atoms with E-state index < -0.39 is 0 Å². The topological polar surface area (TPSA) is 42.1 Å². The van der Waals surface area contributed by atoms with Crippen molar-refractivity contribution in [3.8, 4) is 0 Å². The fourth-order valence-electron chi connectivity index (χ4n) is 1.42. The van der Waals surface area contributed by atoms with Crippen molar-refractivity contribution >= 4 is 11.3 Å². The van der Waals surface area contributed by atoms with E-state index in [0.29, 0.717) is 6.54 Å². The number of nitrogens with zero attached hydrogens (tertiary/aromatic N) is 2. The molecule has 1 saturated carbocycles. The van der Waals surface area contributed by atoms with E-state index in [1.165, 1.54) is 18.5 Å². The van der Waals surface area contributed by atoms with Crippen LogP contribution in [-0.2, 0) is 13.1 Å². The Kier molecular flexibility index (Phi) is 2.62. The van der Waals surface area contributed by atoms with E-state index in [1.807, 2.05) is 0 Å². The molecule has 0 amide bonds. The standard InChI is InChI=1S/C9H15N3S/c1-12(8-2-3-8)5-7-6-13-9(4-10)11-7/h6,8H,2-5,10H2,1H3. The highest BCUT2D eigenvalue weighted by Crippen LogP contribution is 2.26. The van der Waals surface area contributed by atoms with Crippen molar-refractivity contribution in [3.63, 3.8) is 0 Å². The van der Waals surface area contributed by atoms with Gasteiger partial charge in [0.15, 0.2) is 0 Å². The van der Waals surface area contributed by atoms with E-state index in [9.17, 15) is 0 Å². The first kappa shape index (κ1) is 9.12. The highest BCUT2D eigenvalue weighted by atomic mass is 32.1. The molecule has 0 saturated heterocycles. The van der Waals surface area contributed by atoms with E-state index in [4.69, 9.17) is 5.73 Å². The van der Waals surface area contributed by atoms with Gasteiger partial charge in [0.1, 0.15) is 5.01 Å². The quantitative estimate of drug-likeness (QED) is 0.788. The molecule has 0 bridgehead atoms. The fourth-order valence-corrected chi connectivity index (χ4v) is 2.08. The van der Waals surface area contributed by atoms with Gasteiger partial charge in [-0.25, -0.2) is 4.98 Å². The summed E-state index contributed by atoms with van der Waals surface area (Å²) in [5, 5.41) is 3.15. The molecule has 72 valence electrons. The Hall–Kier alpha value is -0.450. The lowest BCUT2D eigenvalue weighted by molar-refractivity contribution is 0.313. The molecule has 0 spiro atoms. The molecule has 3 nitrogen and oxygen atoms in total. The zero-order chi connectivity index (χ0) is 9.26. The Bertz CT molecular complexity index is 280. The third kappa shape index (κ3) is 2.27. The van der Waals surface area contributed by atoms with Gasteiger partial charge in [-0.1, -0.05) is 0 Å². The van der Waals surface area contributed by atoms with Crippen molar-refractivity contribution in [1.82, 2.24) is 9.88 Å². The summed E-state index contributed by atoms with van der Waals surface area (Å²) >= 11 is 1.66.